The third-order valence-electron chi connectivity index (χ3n) is 5.37. The quantitative estimate of drug-likeness (QED) is 0.285. The second-order valence-corrected chi connectivity index (χ2v) is 9.48. The van der Waals surface area contributed by atoms with Crippen molar-refractivity contribution >= 4 is 40.3 Å². The molecule has 0 bridgehead atoms. The number of thiocarbonyl (C=S) groups is 1. The van der Waals surface area contributed by atoms with E-state index in [2.05, 4.69) is 19.1 Å². The Hall–Kier alpha value is -3.29. The molecule has 1 heterocycles. The maximum absolute atomic E-state index is 13.0. The van der Waals surface area contributed by atoms with Crippen LogP contribution >= 0.6 is 24.0 Å². The van der Waals surface area contributed by atoms with Gasteiger partial charge in [-0.15, -0.1) is 0 Å². The van der Waals surface area contributed by atoms with Crippen molar-refractivity contribution in [1.29, 1.82) is 0 Å². The second-order valence-electron chi connectivity index (χ2n) is 7.80. The predicted molar refractivity (Wildman–Crippen MR) is 140 cm³/mol. The minimum atomic E-state index is -0.107. The molecule has 7 heteroatoms. The van der Waals surface area contributed by atoms with Crippen LogP contribution in [-0.2, 0) is 17.9 Å². The van der Waals surface area contributed by atoms with Crippen LogP contribution in [0.3, 0.4) is 0 Å². The van der Waals surface area contributed by atoms with E-state index in [9.17, 15) is 4.79 Å². The molecule has 0 spiro atoms. The first-order chi connectivity index (χ1) is 16.5. The van der Waals surface area contributed by atoms with Crippen LogP contribution < -0.4 is 14.2 Å². The Balaban J connectivity index is 1.46. The zero-order chi connectivity index (χ0) is 24.1. The highest BCUT2D eigenvalue weighted by atomic mass is 32.2. The smallest absolute Gasteiger partial charge is 0.266 e. The largest absolute Gasteiger partial charge is 0.497 e. The van der Waals surface area contributed by atoms with Crippen LogP contribution in [0.2, 0.25) is 0 Å². The minimum absolute atomic E-state index is 0.107. The molecule has 174 valence electrons. The van der Waals surface area contributed by atoms with Gasteiger partial charge in [-0.05, 0) is 54.0 Å². The molecular weight excluding hydrogens is 466 g/mol. The third-order valence-corrected chi connectivity index (χ3v) is 6.75. The summed E-state index contributed by atoms with van der Waals surface area (Å²) in [7, 11) is 3.23. The summed E-state index contributed by atoms with van der Waals surface area (Å²) in [6.07, 6.45) is 1.83. The van der Waals surface area contributed by atoms with Crippen LogP contribution in [0.15, 0.2) is 71.6 Å². The van der Waals surface area contributed by atoms with Gasteiger partial charge in [0.1, 0.15) is 16.7 Å². The zero-order valence-corrected chi connectivity index (χ0v) is 20.9. The van der Waals surface area contributed by atoms with Gasteiger partial charge in [-0.3, -0.25) is 9.69 Å². The Morgan fingerprint density at radius 2 is 1.62 bits per heavy atom. The number of methoxy groups -OCH3 is 2. The number of rotatable bonds is 8. The molecule has 4 rings (SSSR count). The van der Waals surface area contributed by atoms with Crippen molar-refractivity contribution in [3.63, 3.8) is 0 Å². The monoisotopic (exact) mass is 491 g/mol. The van der Waals surface area contributed by atoms with Gasteiger partial charge in [0.2, 0.25) is 0 Å². The van der Waals surface area contributed by atoms with E-state index < -0.39 is 0 Å². The van der Waals surface area contributed by atoms with Crippen molar-refractivity contribution in [2.75, 3.05) is 14.2 Å². The Morgan fingerprint density at radius 3 is 2.29 bits per heavy atom. The molecule has 1 amide bonds. The number of aryl methyl sites for hydroxylation is 1. The first-order valence-electron chi connectivity index (χ1n) is 10.7. The fourth-order valence-corrected chi connectivity index (χ4v) is 4.69. The van der Waals surface area contributed by atoms with E-state index in [1.807, 2.05) is 60.7 Å². The summed E-state index contributed by atoms with van der Waals surface area (Å²) in [5, 5.41) is 0. The number of carbonyl (C=O) groups excluding carboxylic acids is 1. The molecule has 0 unspecified atom stereocenters. The highest BCUT2D eigenvalue weighted by Crippen LogP contribution is 2.35. The average molecular weight is 492 g/mol. The number of hydrogen-bond acceptors (Lipinski definition) is 6. The van der Waals surface area contributed by atoms with Gasteiger partial charge in [-0.25, -0.2) is 0 Å². The van der Waals surface area contributed by atoms with Gasteiger partial charge >= 0.3 is 0 Å². The van der Waals surface area contributed by atoms with Gasteiger partial charge < -0.3 is 14.2 Å². The number of nitrogens with zero attached hydrogens (tertiary/aromatic N) is 1. The molecule has 0 saturated carbocycles. The van der Waals surface area contributed by atoms with Crippen molar-refractivity contribution in [3.05, 3.63) is 93.9 Å². The van der Waals surface area contributed by atoms with Crippen LogP contribution in [0.1, 0.15) is 22.3 Å². The van der Waals surface area contributed by atoms with E-state index in [-0.39, 0.29) is 5.91 Å². The molecule has 5 nitrogen and oxygen atoms in total. The Labute approximate surface area is 209 Å². The van der Waals surface area contributed by atoms with Crippen molar-refractivity contribution in [3.8, 4) is 17.2 Å². The van der Waals surface area contributed by atoms with Gasteiger partial charge in [-0.2, -0.15) is 0 Å². The molecule has 0 aliphatic carbocycles. The lowest BCUT2D eigenvalue weighted by Gasteiger charge is -2.14. The molecule has 1 fully saturated rings. The fourth-order valence-electron chi connectivity index (χ4n) is 3.44. The van der Waals surface area contributed by atoms with E-state index >= 15 is 0 Å². The Kier molecular flexibility index (Phi) is 7.55. The number of hydrogen-bond donors (Lipinski definition) is 0. The molecule has 1 aliphatic heterocycles. The van der Waals surface area contributed by atoms with Crippen molar-refractivity contribution in [1.82, 2.24) is 4.90 Å². The Bertz CT molecular complexity index is 1220. The fraction of sp³-hybridized carbons (Fsp3) is 0.185. The van der Waals surface area contributed by atoms with Crippen molar-refractivity contribution < 1.29 is 19.0 Å². The maximum atomic E-state index is 13.0. The summed E-state index contributed by atoms with van der Waals surface area (Å²) in [5.41, 5.74) is 4.11. The summed E-state index contributed by atoms with van der Waals surface area (Å²) in [6.45, 7) is 2.92. The highest BCUT2D eigenvalue weighted by molar-refractivity contribution is 8.26. The molecule has 1 saturated heterocycles. The minimum Gasteiger partial charge on any atom is -0.497 e. The van der Waals surface area contributed by atoms with Gasteiger partial charge in [0.25, 0.3) is 5.91 Å². The molecule has 1 aliphatic rings. The summed E-state index contributed by atoms with van der Waals surface area (Å²) >= 11 is 6.78. The third kappa shape index (κ3) is 5.61. The summed E-state index contributed by atoms with van der Waals surface area (Å²) in [5.74, 6) is 1.92. The lowest BCUT2D eigenvalue weighted by Crippen LogP contribution is -2.27. The second kappa shape index (κ2) is 10.8. The molecule has 0 N–H and O–H groups in total. The molecule has 3 aromatic carbocycles. The van der Waals surface area contributed by atoms with Gasteiger partial charge in [-0.1, -0.05) is 72.0 Å². The average Bonchev–Trinajstić information content (AvgIpc) is 3.11. The first-order valence-corrected chi connectivity index (χ1v) is 11.9. The van der Waals surface area contributed by atoms with Gasteiger partial charge in [0, 0.05) is 0 Å². The lowest BCUT2D eigenvalue weighted by molar-refractivity contribution is -0.122. The van der Waals surface area contributed by atoms with Crippen LogP contribution in [0, 0.1) is 6.92 Å². The number of ether oxygens (including phenoxy) is 3. The summed E-state index contributed by atoms with van der Waals surface area (Å²) in [6, 6.07) is 21.4. The highest BCUT2D eigenvalue weighted by Gasteiger charge is 2.32. The number of benzene rings is 3. The molecule has 3 aromatic rings. The van der Waals surface area contributed by atoms with Gasteiger partial charge in [0.05, 0.1) is 25.7 Å². The topological polar surface area (TPSA) is 48.0 Å². The van der Waals surface area contributed by atoms with E-state index in [1.165, 1.54) is 17.3 Å². The molecular formula is C27H25NO4S2. The van der Waals surface area contributed by atoms with E-state index in [0.29, 0.717) is 33.9 Å². The predicted octanol–water partition coefficient (Wildman–Crippen LogP) is 5.99. The van der Waals surface area contributed by atoms with Gasteiger partial charge in [0.15, 0.2) is 11.5 Å². The molecule has 34 heavy (non-hydrogen) atoms. The number of amides is 1. The van der Waals surface area contributed by atoms with Crippen molar-refractivity contribution in [2.45, 2.75) is 20.1 Å². The maximum Gasteiger partial charge on any atom is 0.266 e. The van der Waals surface area contributed by atoms with E-state index in [1.54, 1.807) is 19.1 Å². The molecule has 0 radical (unpaired) electrons. The van der Waals surface area contributed by atoms with E-state index in [0.717, 1.165) is 22.4 Å². The Morgan fingerprint density at radius 1 is 0.912 bits per heavy atom. The van der Waals surface area contributed by atoms with Crippen LogP contribution in [0.25, 0.3) is 6.08 Å². The van der Waals surface area contributed by atoms with Crippen molar-refractivity contribution in [2.24, 2.45) is 0 Å². The number of carbonyl (C=O) groups is 1. The number of thioether (sulfide) groups is 1. The van der Waals surface area contributed by atoms with E-state index in [4.69, 9.17) is 26.4 Å². The first kappa shape index (κ1) is 23.9. The van der Waals surface area contributed by atoms with Crippen LogP contribution in [0.5, 0.6) is 17.2 Å². The summed E-state index contributed by atoms with van der Waals surface area (Å²) in [4.78, 5) is 15.2. The normalized spacial score (nSPS) is 14.6. The lowest BCUT2D eigenvalue weighted by atomic mass is 10.1. The zero-order valence-electron chi connectivity index (χ0n) is 19.2. The summed E-state index contributed by atoms with van der Waals surface area (Å²) < 4.78 is 17.2. The molecule has 0 atom stereocenters. The molecule has 0 aromatic heterocycles. The standard InChI is InChI=1S/C27H25NO4S2/c1-18-4-6-20(7-5-18)17-32-23-13-10-21(14-24(23)31-3)15-25-26(29)28(27(33)34-25)16-19-8-11-22(30-2)12-9-19/h4-15H,16-17H2,1-3H3/b25-15-. The van der Waals surface area contributed by atoms with Crippen LogP contribution in [0.4, 0.5) is 0 Å². The SMILES string of the molecule is COc1ccc(CN2C(=O)/C(=C/c3ccc(OCc4ccc(C)cc4)c(OC)c3)SC2=S)cc1. The van der Waals surface area contributed by atoms with Crippen LogP contribution in [-0.4, -0.2) is 29.3 Å².